The van der Waals surface area contributed by atoms with E-state index in [1.54, 1.807) is 34.0 Å². The van der Waals surface area contributed by atoms with Crippen molar-refractivity contribution in [3.63, 3.8) is 0 Å². The van der Waals surface area contributed by atoms with Crippen molar-refractivity contribution in [2.75, 3.05) is 13.2 Å². The summed E-state index contributed by atoms with van der Waals surface area (Å²) in [5.41, 5.74) is 2.27. The first-order valence-electron chi connectivity index (χ1n) is 12.6. The van der Waals surface area contributed by atoms with Gasteiger partial charge in [-0.1, -0.05) is 12.1 Å². The third kappa shape index (κ3) is 4.24. The van der Waals surface area contributed by atoms with Crippen LogP contribution in [0.25, 0.3) is 11.4 Å². The van der Waals surface area contributed by atoms with Gasteiger partial charge in [0.1, 0.15) is 18.3 Å². The topological polar surface area (TPSA) is 73.1 Å². The Morgan fingerprint density at radius 3 is 2.75 bits per heavy atom. The summed E-state index contributed by atoms with van der Waals surface area (Å²) in [6.45, 7) is 0.549. The molecule has 3 saturated carbocycles. The predicted molar refractivity (Wildman–Crippen MR) is 128 cm³/mol. The summed E-state index contributed by atoms with van der Waals surface area (Å²) < 4.78 is 36.1. The average molecular weight is 494 g/mol. The van der Waals surface area contributed by atoms with E-state index in [-0.39, 0.29) is 36.5 Å². The second-order valence-corrected chi connectivity index (χ2v) is 10.4. The van der Waals surface area contributed by atoms with Crippen molar-refractivity contribution in [2.24, 2.45) is 30.7 Å². The standard InChI is InChI=1S/C27H29F2N5O2/c1-33-24(5-6-32-33)23-12-26(31-15-30-23)36-14-19-10-22(18-7-17(19)8-18)27(35)34-13-21(29)11-25(34)16-3-2-4-20(28)9-16/h2-6,9,12,15,17-19,21-22,25H,7-8,10-11,13-14H2,1H3/t17?,18?,19?,21?,22-,25?/m0/s1. The number of carbonyl (C=O) groups is 1. The molecule has 1 aliphatic heterocycles. The molecule has 0 spiro atoms. The van der Waals surface area contributed by atoms with Crippen LogP contribution >= 0.6 is 0 Å². The van der Waals surface area contributed by atoms with Crippen LogP contribution in [0.3, 0.4) is 0 Å². The molecule has 2 bridgehead atoms. The maximum Gasteiger partial charge on any atom is 0.226 e. The highest BCUT2D eigenvalue weighted by molar-refractivity contribution is 5.80. The summed E-state index contributed by atoms with van der Waals surface area (Å²) in [5, 5.41) is 4.19. The fourth-order valence-electron chi connectivity index (χ4n) is 6.29. The number of ether oxygens (including phenoxy) is 1. The van der Waals surface area contributed by atoms with E-state index in [0.29, 0.717) is 29.9 Å². The molecule has 3 aliphatic carbocycles. The molecule has 4 aliphatic rings. The molecule has 3 unspecified atom stereocenters. The molecule has 188 valence electrons. The number of hydrogen-bond acceptors (Lipinski definition) is 5. The van der Waals surface area contributed by atoms with E-state index in [0.717, 1.165) is 30.7 Å². The minimum atomic E-state index is -1.09. The predicted octanol–water partition coefficient (Wildman–Crippen LogP) is 4.37. The average Bonchev–Trinajstić information content (AvgIpc) is 3.47. The number of aromatic nitrogens is 4. The Morgan fingerprint density at radius 1 is 1.11 bits per heavy atom. The Bertz CT molecular complexity index is 1260. The third-order valence-corrected chi connectivity index (χ3v) is 8.26. The molecule has 4 atom stereocenters. The summed E-state index contributed by atoms with van der Waals surface area (Å²) in [5.74, 6) is 1.07. The molecule has 7 nitrogen and oxygen atoms in total. The first-order valence-corrected chi connectivity index (χ1v) is 12.6. The zero-order chi connectivity index (χ0) is 24.8. The first-order chi connectivity index (χ1) is 17.5. The Hall–Kier alpha value is -3.36. The molecule has 1 aromatic carbocycles. The summed E-state index contributed by atoms with van der Waals surface area (Å²) in [6.07, 6.45) is 5.03. The molecular weight excluding hydrogens is 464 g/mol. The van der Waals surface area contributed by atoms with E-state index >= 15 is 0 Å². The number of alkyl halides is 1. The van der Waals surface area contributed by atoms with E-state index in [1.807, 2.05) is 13.1 Å². The van der Waals surface area contributed by atoms with Crippen LogP contribution in [0.4, 0.5) is 8.78 Å². The van der Waals surface area contributed by atoms with Gasteiger partial charge in [0.15, 0.2) is 0 Å². The maximum atomic E-state index is 14.5. The Morgan fingerprint density at radius 2 is 1.97 bits per heavy atom. The molecule has 1 saturated heterocycles. The molecule has 4 fully saturated rings. The molecule has 0 N–H and O–H groups in total. The molecule has 1 amide bonds. The number of amides is 1. The Labute approximate surface area is 208 Å². The van der Waals surface area contributed by atoms with Crippen molar-refractivity contribution in [2.45, 2.75) is 37.9 Å². The smallest absolute Gasteiger partial charge is 0.226 e. The Balaban J connectivity index is 1.14. The monoisotopic (exact) mass is 493 g/mol. The van der Waals surface area contributed by atoms with Crippen LogP contribution < -0.4 is 4.74 Å². The fraction of sp³-hybridized carbons (Fsp3) is 0.481. The second kappa shape index (κ2) is 9.26. The summed E-state index contributed by atoms with van der Waals surface area (Å²) in [4.78, 5) is 23.9. The lowest BCUT2D eigenvalue weighted by Crippen LogP contribution is -2.50. The van der Waals surface area contributed by atoms with E-state index < -0.39 is 12.2 Å². The minimum absolute atomic E-state index is 0.00177. The van der Waals surface area contributed by atoms with Gasteiger partial charge >= 0.3 is 0 Å². The molecular formula is C27H29F2N5O2. The molecule has 3 heterocycles. The number of halogens is 2. The summed E-state index contributed by atoms with van der Waals surface area (Å²) in [6, 6.07) is 9.47. The van der Waals surface area contributed by atoms with E-state index in [2.05, 4.69) is 15.1 Å². The zero-order valence-corrected chi connectivity index (χ0v) is 20.1. The van der Waals surface area contributed by atoms with Crippen LogP contribution in [-0.2, 0) is 11.8 Å². The number of likely N-dealkylation sites (tertiary alicyclic amines) is 1. The number of carbonyl (C=O) groups excluding carboxylic acids is 1. The van der Waals surface area contributed by atoms with Crippen molar-refractivity contribution in [3.8, 4) is 17.3 Å². The van der Waals surface area contributed by atoms with Crippen LogP contribution in [0.1, 0.15) is 37.3 Å². The summed E-state index contributed by atoms with van der Waals surface area (Å²) in [7, 11) is 1.86. The molecule has 7 rings (SSSR count). The number of benzene rings is 1. The van der Waals surface area contributed by atoms with Gasteiger partial charge in [0.2, 0.25) is 11.8 Å². The van der Waals surface area contributed by atoms with Gasteiger partial charge in [-0.3, -0.25) is 9.48 Å². The van der Waals surface area contributed by atoms with Gasteiger partial charge in [-0.05, 0) is 60.8 Å². The largest absolute Gasteiger partial charge is 0.477 e. The van der Waals surface area contributed by atoms with Crippen molar-refractivity contribution in [1.82, 2.24) is 24.6 Å². The van der Waals surface area contributed by atoms with Gasteiger partial charge in [0.05, 0.1) is 30.6 Å². The van der Waals surface area contributed by atoms with Crippen molar-refractivity contribution in [1.29, 1.82) is 0 Å². The van der Waals surface area contributed by atoms with Crippen LogP contribution in [0.2, 0.25) is 0 Å². The van der Waals surface area contributed by atoms with Gasteiger partial charge in [-0.25, -0.2) is 18.7 Å². The third-order valence-electron chi connectivity index (χ3n) is 8.26. The molecule has 9 heteroatoms. The Kier molecular flexibility index (Phi) is 5.93. The van der Waals surface area contributed by atoms with Crippen LogP contribution in [0.15, 0.2) is 48.9 Å². The molecule has 0 radical (unpaired) electrons. The van der Waals surface area contributed by atoms with Crippen LogP contribution in [0, 0.1) is 29.5 Å². The SMILES string of the molecule is Cn1nccc1-c1cc(OCC2C[C@H](C(=O)N3CC(F)CC3c3cccc(F)c3)C3CC2C3)ncn1. The minimum Gasteiger partial charge on any atom is -0.477 e. The van der Waals surface area contributed by atoms with Gasteiger partial charge in [-0.2, -0.15) is 5.10 Å². The van der Waals surface area contributed by atoms with E-state index in [1.165, 1.54) is 18.5 Å². The number of nitrogens with zero attached hydrogens (tertiary/aromatic N) is 5. The highest BCUT2D eigenvalue weighted by Crippen LogP contribution is 2.53. The van der Waals surface area contributed by atoms with Crippen molar-refractivity contribution < 1.29 is 18.3 Å². The fourth-order valence-corrected chi connectivity index (χ4v) is 6.29. The lowest BCUT2D eigenvalue weighted by Gasteiger charge is -2.51. The van der Waals surface area contributed by atoms with Gasteiger partial charge in [0.25, 0.3) is 0 Å². The number of fused-ring (bicyclic) bond motifs is 2. The van der Waals surface area contributed by atoms with Crippen LogP contribution in [0.5, 0.6) is 5.88 Å². The highest BCUT2D eigenvalue weighted by Gasteiger charge is 2.51. The van der Waals surface area contributed by atoms with Gasteiger partial charge in [0, 0.05) is 31.6 Å². The highest BCUT2D eigenvalue weighted by atomic mass is 19.1. The molecule has 3 aromatic rings. The van der Waals surface area contributed by atoms with E-state index in [9.17, 15) is 13.6 Å². The summed E-state index contributed by atoms with van der Waals surface area (Å²) >= 11 is 0. The van der Waals surface area contributed by atoms with Crippen molar-refractivity contribution >= 4 is 5.91 Å². The molecule has 2 aromatic heterocycles. The number of aryl methyl sites for hydroxylation is 1. The second-order valence-electron chi connectivity index (χ2n) is 10.4. The van der Waals surface area contributed by atoms with Crippen molar-refractivity contribution in [3.05, 3.63) is 60.3 Å². The first kappa shape index (κ1) is 23.1. The van der Waals surface area contributed by atoms with E-state index in [4.69, 9.17) is 4.74 Å². The lowest BCUT2D eigenvalue weighted by atomic mass is 9.55. The molecule has 36 heavy (non-hydrogen) atoms. The van der Waals surface area contributed by atoms with Crippen LogP contribution in [-0.4, -0.2) is 49.9 Å². The van der Waals surface area contributed by atoms with Gasteiger partial charge in [-0.15, -0.1) is 0 Å². The van der Waals surface area contributed by atoms with Gasteiger partial charge < -0.3 is 9.64 Å². The quantitative estimate of drug-likeness (QED) is 0.510. The number of rotatable bonds is 6. The maximum absolute atomic E-state index is 14.5. The lowest BCUT2D eigenvalue weighted by molar-refractivity contribution is -0.147. The normalized spacial score (nSPS) is 29.1. The zero-order valence-electron chi connectivity index (χ0n) is 20.1. The number of hydrogen-bond donors (Lipinski definition) is 0.